The second-order valence-electron chi connectivity index (χ2n) is 5.41. The molecule has 7 nitrogen and oxygen atoms in total. The standard InChI is InChI=1S/C17H15BrF3N3O4/c1-27-12-6-3-10(4-7-12)14(25)24-16(15(26)28-2,17(19,20)21)23-13-8-5-11(18)9-22-13/h3-9H,1-2H3,(H,22,23)(H,24,25). The van der Waals surface area contributed by atoms with Crippen LogP contribution < -0.4 is 15.4 Å². The molecule has 0 radical (unpaired) electrons. The van der Waals surface area contributed by atoms with E-state index in [1.165, 1.54) is 49.7 Å². The average Bonchev–Trinajstić information content (AvgIpc) is 2.67. The number of carbonyl (C=O) groups is 2. The number of alkyl halides is 3. The van der Waals surface area contributed by atoms with Gasteiger partial charge in [0.2, 0.25) is 0 Å². The molecule has 0 saturated carbocycles. The van der Waals surface area contributed by atoms with Gasteiger partial charge < -0.3 is 20.1 Å². The van der Waals surface area contributed by atoms with Crippen molar-refractivity contribution in [2.24, 2.45) is 0 Å². The predicted octanol–water partition coefficient (Wildman–Crippen LogP) is 3.13. The van der Waals surface area contributed by atoms with E-state index in [9.17, 15) is 22.8 Å². The quantitative estimate of drug-likeness (QED) is 0.507. The summed E-state index contributed by atoms with van der Waals surface area (Å²) >= 11 is 3.11. The summed E-state index contributed by atoms with van der Waals surface area (Å²) in [6.07, 6.45) is -4.02. The van der Waals surface area contributed by atoms with E-state index in [0.717, 1.165) is 7.11 Å². The average molecular weight is 462 g/mol. The number of aromatic nitrogens is 1. The fourth-order valence-corrected chi connectivity index (χ4v) is 2.41. The molecule has 1 amide bonds. The van der Waals surface area contributed by atoms with Gasteiger partial charge in [-0.15, -0.1) is 0 Å². The van der Waals surface area contributed by atoms with Crippen LogP contribution in [0.4, 0.5) is 19.0 Å². The van der Waals surface area contributed by atoms with E-state index >= 15 is 0 Å². The summed E-state index contributed by atoms with van der Waals surface area (Å²) in [5.41, 5.74) is -3.68. The van der Waals surface area contributed by atoms with Gasteiger partial charge in [-0.05, 0) is 52.3 Å². The van der Waals surface area contributed by atoms with Gasteiger partial charge in [-0.25, -0.2) is 9.78 Å². The maximum Gasteiger partial charge on any atom is 0.441 e. The van der Waals surface area contributed by atoms with E-state index < -0.39 is 23.7 Å². The first-order valence-electron chi connectivity index (χ1n) is 7.64. The molecule has 11 heteroatoms. The number of hydrogen-bond donors (Lipinski definition) is 2. The molecule has 2 aromatic rings. The molecule has 1 heterocycles. The highest BCUT2D eigenvalue weighted by molar-refractivity contribution is 9.10. The van der Waals surface area contributed by atoms with Crippen molar-refractivity contribution in [2.75, 3.05) is 19.5 Å². The van der Waals surface area contributed by atoms with Gasteiger partial charge in [0.15, 0.2) is 0 Å². The van der Waals surface area contributed by atoms with Crippen LogP contribution in [0.15, 0.2) is 47.1 Å². The van der Waals surface area contributed by atoms with E-state index in [1.54, 1.807) is 5.32 Å². The number of anilines is 1. The molecule has 150 valence electrons. The third kappa shape index (κ3) is 4.53. The van der Waals surface area contributed by atoms with Gasteiger partial charge in [0.1, 0.15) is 11.6 Å². The lowest BCUT2D eigenvalue weighted by atomic mass is 10.1. The second kappa shape index (κ2) is 8.46. The lowest BCUT2D eigenvalue weighted by Crippen LogP contribution is -2.69. The van der Waals surface area contributed by atoms with Crippen molar-refractivity contribution in [1.29, 1.82) is 0 Å². The number of hydrogen-bond acceptors (Lipinski definition) is 6. The van der Waals surface area contributed by atoms with Crippen LogP contribution in [-0.4, -0.2) is 42.9 Å². The van der Waals surface area contributed by atoms with Gasteiger partial charge in [0, 0.05) is 16.2 Å². The fraction of sp³-hybridized carbons (Fsp3) is 0.235. The van der Waals surface area contributed by atoms with Crippen molar-refractivity contribution in [1.82, 2.24) is 10.3 Å². The number of nitrogens with zero attached hydrogens (tertiary/aromatic N) is 1. The first kappa shape index (κ1) is 21.5. The number of pyridine rings is 1. The number of halogens is 4. The van der Waals surface area contributed by atoms with Crippen molar-refractivity contribution < 1.29 is 32.2 Å². The molecule has 2 rings (SSSR count). The summed E-state index contributed by atoms with van der Waals surface area (Å²) in [6, 6.07) is 7.92. The molecule has 1 unspecified atom stereocenters. The number of methoxy groups -OCH3 is 2. The molecule has 0 bridgehead atoms. The Morgan fingerprint density at radius 1 is 1.07 bits per heavy atom. The third-order valence-corrected chi connectivity index (χ3v) is 4.08. The number of carbonyl (C=O) groups excluding carboxylic acids is 2. The van der Waals surface area contributed by atoms with E-state index in [0.29, 0.717) is 10.2 Å². The van der Waals surface area contributed by atoms with Crippen molar-refractivity contribution in [3.63, 3.8) is 0 Å². The fourth-order valence-electron chi connectivity index (χ4n) is 2.17. The van der Waals surface area contributed by atoms with Crippen LogP contribution in [-0.2, 0) is 9.53 Å². The first-order valence-corrected chi connectivity index (χ1v) is 8.43. The highest BCUT2D eigenvalue weighted by atomic mass is 79.9. The molecule has 1 aromatic heterocycles. The summed E-state index contributed by atoms with van der Waals surface area (Å²) in [5.74, 6) is -2.81. The molecule has 0 spiro atoms. The van der Waals surface area contributed by atoms with Crippen LogP contribution in [0, 0.1) is 0 Å². The van der Waals surface area contributed by atoms with Crippen LogP contribution in [0.1, 0.15) is 10.4 Å². The number of ether oxygens (including phenoxy) is 2. The highest BCUT2D eigenvalue weighted by Crippen LogP contribution is 2.33. The van der Waals surface area contributed by atoms with E-state index in [-0.39, 0.29) is 11.4 Å². The molecule has 1 atom stereocenters. The van der Waals surface area contributed by atoms with Gasteiger partial charge in [-0.3, -0.25) is 4.79 Å². The van der Waals surface area contributed by atoms with Crippen molar-refractivity contribution in [3.8, 4) is 5.75 Å². The van der Waals surface area contributed by atoms with Crippen molar-refractivity contribution in [3.05, 3.63) is 52.6 Å². The minimum atomic E-state index is -5.25. The minimum Gasteiger partial charge on any atom is -0.497 e. The number of esters is 1. The van der Waals surface area contributed by atoms with Gasteiger partial charge in [-0.1, -0.05) is 0 Å². The summed E-state index contributed by atoms with van der Waals surface area (Å²) in [5, 5.41) is 3.64. The van der Waals surface area contributed by atoms with Gasteiger partial charge in [-0.2, -0.15) is 13.2 Å². The number of nitrogens with one attached hydrogen (secondary N) is 2. The summed E-state index contributed by atoms with van der Waals surface area (Å²) in [6.45, 7) is 0. The van der Waals surface area contributed by atoms with Gasteiger partial charge >= 0.3 is 17.8 Å². The molecule has 0 aliphatic heterocycles. The SMILES string of the molecule is COC(=O)C(NC(=O)c1ccc(OC)cc1)(Nc1ccc(Br)cn1)C(F)(F)F. The van der Waals surface area contributed by atoms with Gasteiger partial charge in [0.05, 0.1) is 14.2 Å². The Balaban J connectivity index is 2.44. The smallest absolute Gasteiger partial charge is 0.441 e. The predicted molar refractivity (Wildman–Crippen MR) is 96.8 cm³/mol. The zero-order valence-corrected chi connectivity index (χ0v) is 16.2. The molecule has 0 fully saturated rings. The largest absolute Gasteiger partial charge is 0.497 e. The Morgan fingerprint density at radius 3 is 2.18 bits per heavy atom. The number of amides is 1. The lowest BCUT2D eigenvalue weighted by molar-refractivity contribution is -0.203. The summed E-state index contributed by atoms with van der Waals surface area (Å²) < 4.78 is 51.6. The van der Waals surface area contributed by atoms with Crippen LogP contribution in [0.2, 0.25) is 0 Å². The van der Waals surface area contributed by atoms with Crippen molar-refractivity contribution in [2.45, 2.75) is 11.8 Å². The van der Waals surface area contributed by atoms with Crippen LogP contribution >= 0.6 is 15.9 Å². The Morgan fingerprint density at radius 2 is 1.71 bits per heavy atom. The molecular weight excluding hydrogens is 447 g/mol. The van der Waals surface area contributed by atoms with Crippen molar-refractivity contribution >= 4 is 33.6 Å². The monoisotopic (exact) mass is 461 g/mol. The maximum absolute atomic E-state index is 13.9. The Kier molecular flexibility index (Phi) is 6.49. The topological polar surface area (TPSA) is 89.5 Å². The maximum atomic E-state index is 13.9. The molecule has 2 N–H and O–H groups in total. The Hall–Kier alpha value is -2.82. The molecule has 1 aromatic carbocycles. The lowest BCUT2D eigenvalue weighted by Gasteiger charge is -2.34. The molecular formula is C17H15BrF3N3O4. The molecule has 0 saturated heterocycles. The zero-order chi connectivity index (χ0) is 20.9. The summed E-state index contributed by atoms with van der Waals surface area (Å²) in [4.78, 5) is 28.3. The Labute approximate surface area is 166 Å². The molecule has 0 aliphatic rings. The van der Waals surface area contributed by atoms with E-state index in [4.69, 9.17) is 4.74 Å². The second-order valence-corrected chi connectivity index (χ2v) is 6.32. The van der Waals surface area contributed by atoms with Crippen LogP contribution in [0.5, 0.6) is 5.75 Å². The minimum absolute atomic E-state index is 0.121. The molecule has 28 heavy (non-hydrogen) atoms. The van der Waals surface area contributed by atoms with E-state index in [1.807, 2.05) is 5.32 Å². The van der Waals surface area contributed by atoms with E-state index in [2.05, 4.69) is 25.7 Å². The number of rotatable bonds is 6. The van der Waals surface area contributed by atoms with Crippen LogP contribution in [0.25, 0.3) is 0 Å². The first-order chi connectivity index (χ1) is 13.1. The third-order valence-electron chi connectivity index (χ3n) is 3.61. The summed E-state index contributed by atoms with van der Waals surface area (Å²) in [7, 11) is 2.18. The molecule has 0 aliphatic carbocycles. The normalized spacial score (nSPS) is 13.2. The Bertz CT molecular complexity index is 844. The van der Waals surface area contributed by atoms with Gasteiger partial charge in [0.25, 0.3) is 5.91 Å². The zero-order valence-electron chi connectivity index (χ0n) is 14.6. The van der Waals surface area contributed by atoms with Crippen LogP contribution in [0.3, 0.4) is 0 Å². The highest BCUT2D eigenvalue weighted by Gasteiger charge is 2.63. The number of benzene rings is 1.